The summed E-state index contributed by atoms with van der Waals surface area (Å²) in [6.45, 7) is 0. The van der Waals surface area contributed by atoms with E-state index in [9.17, 15) is 23.4 Å². The minimum Gasteiger partial charge on any atom is -0.507 e. The van der Waals surface area contributed by atoms with Crippen molar-refractivity contribution in [3.63, 3.8) is 0 Å². The van der Waals surface area contributed by atoms with E-state index in [1.165, 1.54) is 30.3 Å². The fourth-order valence-electron chi connectivity index (χ4n) is 1.68. The highest BCUT2D eigenvalue weighted by Gasteiger charge is 2.30. The summed E-state index contributed by atoms with van der Waals surface area (Å²) in [5.41, 5.74) is -0.730. The van der Waals surface area contributed by atoms with Gasteiger partial charge in [-0.25, -0.2) is 0 Å². The molecule has 0 aromatic heterocycles. The Morgan fingerprint density at radius 2 is 1.39 bits per heavy atom. The molecule has 0 aliphatic carbocycles. The van der Waals surface area contributed by atoms with Crippen molar-refractivity contribution in [2.24, 2.45) is 0 Å². The molecule has 0 heterocycles. The minimum atomic E-state index is -4.46. The van der Waals surface area contributed by atoms with Crippen molar-refractivity contribution < 1.29 is 23.4 Å². The minimum absolute atomic E-state index is 0.0106. The molecule has 0 atom stereocenters. The number of hydrogen-bond acceptors (Lipinski definition) is 2. The van der Waals surface area contributed by atoms with Crippen LogP contribution in [0, 0.1) is 0 Å². The highest BCUT2D eigenvalue weighted by molar-refractivity contribution is 5.76. The van der Waals surface area contributed by atoms with E-state index >= 15 is 0 Å². The SMILES string of the molecule is Oc1cccc(O)c1-c1cccc(C(F)(F)F)c1. The first-order valence-electron chi connectivity index (χ1n) is 5.08. The number of aromatic hydroxyl groups is 2. The molecule has 0 bridgehead atoms. The third-order valence-corrected chi connectivity index (χ3v) is 2.50. The van der Waals surface area contributed by atoms with E-state index in [2.05, 4.69) is 0 Å². The summed E-state index contributed by atoms with van der Waals surface area (Å²) in [6.07, 6.45) is -4.46. The molecule has 18 heavy (non-hydrogen) atoms. The molecular weight excluding hydrogens is 245 g/mol. The number of hydrogen-bond donors (Lipinski definition) is 2. The quantitative estimate of drug-likeness (QED) is 0.812. The molecule has 0 unspecified atom stereocenters. The first-order valence-corrected chi connectivity index (χ1v) is 5.08. The average molecular weight is 254 g/mol. The zero-order valence-corrected chi connectivity index (χ0v) is 9.07. The monoisotopic (exact) mass is 254 g/mol. The molecule has 2 N–H and O–H groups in total. The van der Waals surface area contributed by atoms with Gasteiger partial charge in [-0.3, -0.25) is 0 Å². The van der Waals surface area contributed by atoms with Gasteiger partial charge in [-0.1, -0.05) is 18.2 Å². The van der Waals surface area contributed by atoms with Gasteiger partial charge in [-0.2, -0.15) is 13.2 Å². The van der Waals surface area contributed by atoms with Crippen LogP contribution in [-0.4, -0.2) is 10.2 Å². The van der Waals surface area contributed by atoms with Gasteiger partial charge in [0.15, 0.2) is 0 Å². The van der Waals surface area contributed by atoms with Crippen molar-refractivity contribution in [1.29, 1.82) is 0 Å². The summed E-state index contributed by atoms with van der Waals surface area (Å²) in [5.74, 6) is -0.538. The van der Waals surface area contributed by atoms with Crippen LogP contribution in [0.5, 0.6) is 11.5 Å². The van der Waals surface area contributed by atoms with Crippen LogP contribution in [0.1, 0.15) is 5.56 Å². The maximum atomic E-state index is 12.6. The van der Waals surface area contributed by atoms with Gasteiger partial charge < -0.3 is 10.2 Å². The van der Waals surface area contributed by atoms with Crippen molar-refractivity contribution in [2.45, 2.75) is 6.18 Å². The zero-order chi connectivity index (χ0) is 13.3. The summed E-state index contributed by atoms with van der Waals surface area (Å²) < 4.78 is 37.7. The van der Waals surface area contributed by atoms with Crippen LogP contribution >= 0.6 is 0 Å². The number of benzene rings is 2. The smallest absolute Gasteiger partial charge is 0.416 e. The van der Waals surface area contributed by atoms with Gasteiger partial charge in [0.1, 0.15) is 11.5 Å². The lowest BCUT2D eigenvalue weighted by atomic mass is 10.0. The Bertz CT molecular complexity index is 556. The maximum absolute atomic E-state index is 12.6. The topological polar surface area (TPSA) is 40.5 Å². The largest absolute Gasteiger partial charge is 0.507 e. The Balaban J connectivity index is 2.59. The van der Waals surface area contributed by atoms with Gasteiger partial charge in [0.2, 0.25) is 0 Å². The van der Waals surface area contributed by atoms with E-state index in [-0.39, 0.29) is 22.6 Å². The summed E-state index contributed by atoms with van der Waals surface area (Å²) in [5, 5.41) is 19.2. The van der Waals surface area contributed by atoms with Crippen LogP contribution in [0.15, 0.2) is 42.5 Å². The van der Waals surface area contributed by atoms with Gasteiger partial charge >= 0.3 is 6.18 Å². The molecule has 94 valence electrons. The van der Waals surface area contributed by atoms with E-state index in [0.717, 1.165) is 12.1 Å². The van der Waals surface area contributed by atoms with Crippen LogP contribution in [0.3, 0.4) is 0 Å². The maximum Gasteiger partial charge on any atom is 0.416 e. The standard InChI is InChI=1S/C13H9F3O2/c14-13(15,16)9-4-1-3-8(7-9)12-10(17)5-2-6-11(12)18/h1-7,17-18H. The highest BCUT2D eigenvalue weighted by atomic mass is 19.4. The third kappa shape index (κ3) is 2.25. The Morgan fingerprint density at radius 1 is 0.833 bits per heavy atom. The molecule has 2 aromatic carbocycles. The summed E-state index contributed by atoms with van der Waals surface area (Å²) in [4.78, 5) is 0. The van der Waals surface area contributed by atoms with Crippen LogP contribution in [0.25, 0.3) is 11.1 Å². The Morgan fingerprint density at radius 3 is 1.94 bits per heavy atom. The molecule has 2 aromatic rings. The molecule has 0 aliphatic rings. The lowest BCUT2D eigenvalue weighted by molar-refractivity contribution is -0.137. The van der Waals surface area contributed by atoms with Crippen LogP contribution in [-0.2, 0) is 6.18 Å². The lowest BCUT2D eigenvalue weighted by Gasteiger charge is -2.11. The second kappa shape index (κ2) is 4.25. The Hall–Kier alpha value is -2.17. The summed E-state index contributed by atoms with van der Waals surface area (Å²) in [7, 11) is 0. The molecule has 0 fully saturated rings. The van der Waals surface area contributed by atoms with Crippen molar-refractivity contribution in [2.75, 3.05) is 0 Å². The van der Waals surface area contributed by atoms with Crippen molar-refractivity contribution in [1.82, 2.24) is 0 Å². The molecule has 2 rings (SSSR count). The van der Waals surface area contributed by atoms with Crippen molar-refractivity contribution in [3.8, 4) is 22.6 Å². The fraction of sp³-hybridized carbons (Fsp3) is 0.0769. The predicted octanol–water partition coefficient (Wildman–Crippen LogP) is 3.78. The molecule has 0 amide bonds. The first-order chi connectivity index (χ1) is 8.39. The molecule has 5 heteroatoms. The van der Waals surface area contributed by atoms with E-state index in [4.69, 9.17) is 0 Å². The Kier molecular flexibility index (Phi) is 2.90. The van der Waals surface area contributed by atoms with Crippen molar-refractivity contribution in [3.05, 3.63) is 48.0 Å². The van der Waals surface area contributed by atoms with E-state index in [1.807, 2.05) is 0 Å². The number of phenols is 2. The number of phenolic OH excluding ortho intramolecular Hbond substituents is 2. The summed E-state index contributed by atoms with van der Waals surface area (Å²) >= 11 is 0. The average Bonchev–Trinajstić information content (AvgIpc) is 2.28. The molecule has 0 radical (unpaired) electrons. The van der Waals surface area contributed by atoms with E-state index in [0.29, 0.717) is 0 Å². The molecule has 0 aliphatic heterocycles. The lowest BCUT2D eigenvalue weighted by Crippen LogP contribution is -2.04. The molecule has 0 saturated heterocycles. The second-order valence-electron chi connectivity index (χ2n) is 3.75. The van der Waals surface area contributed by atoms with E-state index < -0.39 is 11.7 Å². The first kappa shape index (κ1) is 12.3. The van der Waals surface area contributed by atoms with Crippen molar-refractivity contribution >= 4 is 0 Å². The fourth-order valence-corrected chi connectivity index (χ4v) is 1.68. The molecule has 2 nitrogen and oxygen atoms in total. The zero-order valence-electron chi connectivity index (χ0n) is 9.07. The Labute approximate surface area is 101 Å². The summed E-state index contributed by atoms with van der Waals surface area (Å²) in [6, 6.07) is 8.44. The van der Waals surface area contributed by atoms with Gasteiger partial charge in [0, 0.05) is 0 Å². The van der Waals surface area contributed by atoms with Gasteiger partial charge in [-0.05, 0) is 29.8 Å². The highest BCUT2D eigenvalue weighted by Crippen LogP contribution is 2.39. The predicted molar refractivity (Wildman–Crippen MR) is 60.2 cm³/mol. The van der Waals surface area contributed by atoms with Gasteiger partial charge in [-0.15, -0.1) is 0 Å². The normalized spacial score (nSPS) is 11.5. The van der Waals surface area contributed by atoms with Crippen LogP contribution < -0.4 is 0 Å². The van der Waals surface area contributed by atoms with Crippen LogP contribution in [0.4, 0.5) is 13.2 Å². The third-order valence-electron chi connectivity index (χ3n) is 2.50. The number of halogens is 3. The second-order valence-corrected chi connectivity index (χ2v) is 3.75. The number of alkyl halides is 3. The van der Waals surface area contributed by atoms with Gasteiger partial charge in [0.25, 0.3) is 0 Å². The van der Waals surface area contributed by atoms with E-state index in [1.54, 1.807) is 0 Å². The molecular formula is C13H9F3O2. The molecule has 0 saturated carbocycles. The molecule has 0 spiro atoms. The van der Waals surface area contributed by atoms with Gasteiger partial charge in [0.05, 0.1) is 11.1 Å². The van der Waals surface area contributed by atoms with Crippen LogP contribution in [0.2, 0.25) is 0 Å². The number of rotatable bonds is 1.